The van der Waals surface area contributed by atoms with Gasteiger partial charge in [-0.05, 0) is 64.4 Å². The third-order valence-corrected chi connectivity index (χ3v) is 4.11. The van der Waals surface area contributed by atoms with E-state index in [1.165, 1.54) is 5.56 Å². The molecule has 0 radical (unpaired) electrons. The highest BCUT2D eigenvalue weighted by molar-refractivity contribution is 14.1. The van der Waals surface area contributed by atoms with Crippen molar-refractivity contribution in [1.29, 1.82) is 0 Å². The largest absolute Gasteiger partial charge is 0.369 e. The zero-order valence-corrected chi connectivity index (χ0v) is 13.6. The van der Waals surface area contributed by atoms with Gasteiger partial charge in [-0.15, -0.1) is 0 Å². The van der Waals surface area contributed by atoms with Gasteiger partial charge in [-0.3, -0.25) is 4.57 Å². The van der Waals surface area contributed by atoms with Crippen molar-refractivity contribution in [3.63, 3.8) is 0 Å². The maximum absolute atomic E-state index is 6.11. The van der Waals surface area contributed by atoms with Crippen molar-refractivity contribution >= 4 is 39.6 Å². The fourth-order valence-corrected chi connectivity index (χ4v) is 2.84. The van der Waals surface area contributed by atoms with Crippen LogP contribution in [0.1, 0.15) is 25.3 Å². The van der Waals surface area contributed by atoms with Crippen LogP contribution in [0.2, 0.25) is 0 Å². The number of fused-ring (bicyclic) bond motifs is 1. The molecule has 3 nitrogen and oxygen atoms in total. The summed E-state index contributed by atoms with van der Waals surface area (Å²) in [6, 6.07) is 14.7. The molecule has 0 aliphatic rings. The molecule has 3 aromatic rings. The van der Waals surface area contributed by atoms with Crippen LogP contribution < -0.4 is 5.73 Å². The molecular weight excluding hydrogens is 361 g/mol. The molecule has 3 rings (SSSR count). The Hall–Kier alpha value is -1.56. The van der Waals surface area contributed by atoms with Crippen molar-refractivity contribution < 1.29 is 0 Å². The summed E-state index contributed by atoms with van der Waals surface area (Å²) in [7, 11) is 0. The van der Waals surface area contributed by atoms with Crippen molar-refractivity contribution in [3.05, 3.63) is 51.6 Å². The van der Waals surface area contributed by atoms with Gasteiger partial charge in [0.05, 0.1) is 11.0 Å². The van der Waals surface area contributed by atoms with Crippen LogP contribution in [0.15, 0.2) is 42.5 Å². The number of nitrogens with zero attached hydrogens (tertiary/aromatic N) is 2. The van der Waals surface area contributed by atoms with E-state index in [0.29, 0.717) is 11.9 Å². The van der Waals surface area contributed by atoms with Crippen LogP contribution >= 0.6 is 22.6 Å². The van der Waals surface area contributed by atoms with E-state index in [-0.39, 0.29) is 0 Å². The molecule has 0 fully saturated rings. The zero-order valence-electron chi connectivity index (χ0n) is 11.5. The van der Waals surface area contributed by atoms with Crippen LogP contribution in [-0.2, 0) is 0 Å². The molecule has 1 aromatic heterocycles. The first kappa shape index (κ1) is 13.4. The Kier molecular flexibility index (Phi) is 3.41. The lowest BCUT2D eigenvalue weighted by Crippen LogP contribution is -2.01. The summed E-state index contributed by atoms with van der Waals surface area (Å²) in [5.41, 5.74) is 10.5. The molecule has 0 bridgehead atoms. The number of nitrogens with two attached hydrogens (primary N) is 1. The van der Waals surface area contributed by atoms with Crippen LogP contribution in [0.25, 0.3) is 16.7 Å². The van der Waals surface area contributed by atoms with E-state index >= 15 is 0 Å². The summed E-state index contributed by atoms with van der Waals surface area (Å²) in [6.07, 6.45) is 0. The number of anilines is 1. The Morgan fingerprint density at radius 1 is 1.15 bits per heavy atom. The van der Waals surface area contributed by atoms with Gasteiger partial charge in [-0.2, -0.15) is 0 Å². The Balaban J connectivity index is 2.24. The summed E-state index contributed by atoms with van der Waals surface area (Å²) in [4.78, 5) is 4.46. The van der Waals surface area contributed by atoms with E-state index in [1.807, 2.05) is 4.57 Å². The fraction of sp³-hybridized carbons (Fsp3) is 0.188. The molecule has 0 aliphatic carbocycles. The van der Waals surface area contributed by atoms with E-state index in [1.54, 1.807) is 0 Å². The molecule has 1 heterocycles. The number of rotatable bonds is 2. The Morgan fingerprint density at radius 3 is 2.70 bits per heavy atom. The number of nitrogen functional groups attached to an aromatic ring is 1. The molecule has 2 aromatic carbocycles. The molecule has 0 amide bonds. The van der Waals surface area contributed by atoms with Gasteiger partial charge in [0.1, 0.15) is 0 Å². The standard InChI is InChI=1S/C16H16IN3/c1-10(2)11-4-3-5-13(8-11)20-15-7-6-12(17)9-14(15)19-16(20)18/h3-10H,1-2H3,(H2,18,19). The second kappa shape index (κ2) is 5.09. The first-order valence-electron chi connectivity index (χ1n) is 6.60. The lowest BCUT2D eigenvalue weighted by atomic mass is 10.0. The smallest absolute Gasteiger partial charge is 0.205 e. The van der Waals surface area contributed by atoms with Crippen molar-refractivity contribution in [3.8, 4) is 5.69 Å². The quantitative estimate of drug-likeness (QED) is 0.676. The molecular formula is C16H16IN3. The van der Waals surface area contributed by atoms with Crippen molar-refractivity contribution in [1.82, 2.24) is 9.55 Å². The van der Waals surface area contributed by atoms with E-state index in [4.69, 9.17) is 5.73 Å². The minimum Gasteiger partial charge on any atom is -0.369 e. The number of benzene rings is 2. The fourth-order valence-electron chi connectivity index (χ4n) is 2.37. The highest BCUT2D eigenvalue weighted by Gasteiger charge is 2.11. The summed E-state index contributed by atoms with van der Waals surface area (Å²) >= 11 is 2.29. The SMILES string of the molecule is CC(C)c1cccc(-n2c(N)nc3cc(I)ccc32)c1. The summed E-state index contributed by atoms with van der Waals surface area (Å²) < 4.78 is 3.17. The van der Waals surface area contributed by atoms with Gasteiger partial charge in [-0.1, -0.05) is 26.0 Å². The number of hydrogen-bond acceptors (Lipinski definition) is 2. The molecule has 4 heteroatoms. The molecule has 0 spiro atoms. The predicted molar refractivity (Wildman–Crippen MR) is 92.3 cm³/mol. The minimum absolute atomic E-state index is 0.493. The maximum atomic E-state index is 6.11. The Labute approximate surface area is 132 Å². The lowest BCUT2D eigenvalue weighted by molar-refractivity contribution is 0.864. The minimum atomic E-state index is 0.493. The molecule has 0 unspecified atom stereocenters. The van der Waals surface area contributed by atoms with Gasteiger partial charge < -0.3 is 5.73 Å². The molecule has 2 N–H and O–H groups in total. The molecule has 0 aliphatic heterocycles. The summed E-state index contributed by atoms with van der Waals surface area (Å²) in [5, 5.41) is 0. The van der Waals surface area contributed by atoms with Crippen LogP contribution in [0.4, 0.5) is 5.95 Å². The predicted octanol–water partition coefficient (Wildman–Crippen LogP) is 4.34. The van der Waals surface area contributed by atoms with Crippen LogP contribution in [0.5, 0.6) is 0 Å². The Bertz CT molecular complexity index is 774. The number of halogens is 1. The van der Waals surface area contributed by atoms with Crippen LogP contribution in [0, 0.1) is 3.57 Å². The highest BCUT2D eigenvalue weighted by atomic mass is 127. The molecule has 20 heavy (non-hydrogen) atoms. The first-order chi connectivity index (χ1) is 9.56. The molecule has 0 saturated carbocycles. The second-order valence-electron chi connectivity index (χ2n) is 5.19. The van der Waals surface area contributed by atoms with E-state index in [0.717, 1.165) is 20.3 Å². The molecule has 102 valence electrons. The Morgan fingerprint density at radius 2 is 1.95 bits per heavy atom. The van der Waals surface area contributed by atoms with Gasteiger partial charge in [-0.25, -0.2) is 4.98 Å². The second-order valence-corrected chi connectivity index (χ2v) is 6.43. The summed E-state index contributed by atoms with van der Waals surface area (Å²) in [5.74, 6) is 1.02. The first-order valence-corrected chi connectivity index (χ1v) is 7.68. The zero-order chi connectivity index (χ0) is 14.3. The van der Waals surface area contributed by atoms with E-state index in [2.05, 4.69) is 83.9 Å². The third kappa shape index (κ3) is 2.28. The number of imidazole rings is 1. The van der Waals surface area contributed by atoms with Gasteiger partial charge in [0.15, 0.2) is 0 Å². The van der Waals surface area contributed by atoms with E-state index < -0.39 is 0 Å². The maximum Gasteiger partial charge on any atom is 0.205 e. The lowest BCUT2D eigenvalue weighted by Gasteiger charge is -2.10. The number of hydrogen-bond donors (Lipinski definition) is 1. The normalized spacial score (nSPS) is 11.4. The van der Waals surface area contributed by atoms with Crippen molar-refractivity contribution in [2.75, 3.05) is 5.73 Å². The van der Waals surface area contributed by atoms with Crippen LogP contribution in [0.3, 0.4) is 0 Å². The van der Waals surface area contributed by atoms with Crippen molar-refractivity contribution in [2.24, 2.45) is 0 Å². The summed E-state index contributed by atoms with van der Waals surface area (Å²) in [6.45, 7) is 4.38. The monoisotopic (exact) mass is 377 g/mol. The van der Waals surface area contributed by atoms with Crippen LogP contribution in [-0.4, -0.2) is 9.55 Å². The van der Waals surface area contributed by atoms with Gasteiger partial charge in [0.25, 0.3) is 0 Å². The molecule has 0 saturated heterocycles. The van der Waals surface area contributed by atoms with Gasteiger partial charge in [0.2, 0.25) is 5.95 Å². The average molecular weight is 377 g/mol. The van der Waals surface area contributed by atoms with Gasteiger partial charge in [0, 0.05) is 9.26 Å². The topological polar surface area (TPSA) is 43.8 Å². The van der Waals surface area contributed by atoms with Crippen molar-refractivity contribution in [2.45, 2.75) is 19.8 Å². The molecule has 0 atom stereocenters. The van der Waals surface area contributed by atoms with E-state index in [9.17, 15) is 0 Å². The third-order valence-electron chi connectivity index (χ3n) is 3.44. The average Bonchev–Trinajstić information content (AvgIpc) is 2.73. The number of aromatic nitrogens is 2. The van der Waals surface area contributed by atoms with Gasteiger partial charge >= 0.3 is 0 Å². The highest BCUT2D eigenvalue weighted by Crippen LogP contribution is 2.26.